The zero-order valence-corrected chi connectivity index (χ0v) is 9.63. The molecule has 0 bridgehead atoms. The van der Waals surface area contributed by atoms with Crippen molar-refractivity contribution in [2.24, 2.45) is 17.6 Å². The van der Waals surface area contributed by atoms with Gasteiger partial charge in [0.15, 0.2) is 0 Å². The Bertz CT molecular complexity index is 160. The Morgan fingerprint density at radius 1 is 1.14 bits per heavy atom. The van der Waals surface area contributed by atoms with Gasteiger partial charge in [0.1, 0.15) is 0 Å². The molecule has 1 unspecified atom stereocenters. The van der Waals surface area contributed by atoms with E-state index in [4.69, 9.17) is 5.73 Å². The first-order valence-electron chi connectivity index (χ1n) is 6.02. The van der Waals surface area contributed by atoms with E-state index in [1.54, 1.807) is 0 Å². The summed E-state index contributed by atoms with van der Waals surface area (Å²) < 4.78 is 0. The Kier molecular flexibility index (Phi) is 4.39. The third-order valence-electron chi connectivity index (χ3n) is 3.72. The summed E-state index contributed by atoms with van der Waals surface area (Å²) in [4.78, 5) is 0. The fraction of sp³-hybridized carbons (Fsp3) is 1.00. The van der Waals surface area contributed by atoms with Crippen LogP contribution in [0.25, 0.3) is 0 Å². The van der Waals surface area contributed by atoms with Crippen molar-refractivity contribution in [2.75, 3.05) is 6.54 Å². The fourth-order valence-corrected chi connectivity index (χ4v) is 2.82. The first kappa shape index (κ1) is 12.0. The van der Waals surface area contributed by atoms with Crippen molar-refractivity contribution < 1.29 is 5.11 Å². The number of nitrogens with two attached hydrogens (primary N) is 1. The molecule has 1 saturated carbocycles. The largest absolute Gasteiger partial charge is 0.390 e. The van der Waals surface area contributed by atoms with Crippen molar-refractivity contribution in [3.05, 3.63) is 0 Å². The predicted octanol–water partition coefficient (Wildman–Crippen LogP) is 2.30. The molecule has 2 nitrogen and oxygen atoms in total. The second-order valence-corrected chi connectivity index (χ2v) is 5.10. The normalized spacial score (nSPS) is 24.6. The topological polar surface area (TPSA) is 46.2 Å². The molecule has 1 aliphatic carbocycles. The van der Waals surface area contributed by atoms with Gasteiger partial charge in [0, 0.05) is 5.92 Å². The van der Waals surface area contributed by atoms with Crippen molar-refractivity contribution in [1.82, 2.24) is 0 Å². The fourth-order valence-electron chi connectivity index (χ4n) is 2.82. The van der Waals surface area contributed by atoms with Crippen LogP contribution in [0, 0.1) is 11.8 Å². The first-order valence-corrected chi connectivity index (χ1v) is 6.02. The van der Waals surface area contributed by atoms with E-state index in [0.29, 0.717) is 12.5 Å². The molecule has 0 aromatic rings. The van der Waals surface area contributed by atoms with Crippen molar-refractivity contribution in [2.45, 2.75) is 58.0 Å². The lowest BCUT2D eigenvalue weighted by Crippen LogP contribution is -2.44. The van der Waals surface area contributed by atoms with Gasteiger partial charge in [-0.15, -0.1) is 0 Å². The number of aliphatic hydroxyl groups is 1. The summed E-state index contributed by atoms with van der Waals surface area (Å²) >= 11 is 0. The Morgan fingerprint density at radius 3 is 2.00 bits per heavy atom. The predicted molar refractivity (Wildman–Crippen MR) is 60.0 cm³/mol. The van der Waals surface area contributed by atoms with E-state index in [9.17, 15) is 5.11 Å². The van der Waals surface area contributed by atoms with Crippen LogP contribution in [-0.2, 0) is 0 Å². The van der Waals surface area contributed by atoms with Gasteiger partial charge in [-0.3, -0.25) is 0 Å². The highest BCUT2D eigenvalue weighted by molar-refractivity contribution is 4.90. The quantitative estimate of drug-likeness (QED) is 0.685. The molecule has 1 atom stereocenters. The highest BCUT2D eigenvalue weighted by Gasteiger charge is 2.37. The van der Waals surface area contributed by atoms with E-state index in [0.717, 1.165) is 12.8 Å². The molecular formula is C12H25NO. The van der Waals surface area contributed by atoms with E-state index in [-0.39, 0.29) is 5.92 Å². The average Bonchev–Trinajstić information content (AvgIpc) is 2.31. The maximum Gasteiger partial charge on any atom is 0.0690 e. The molecule has 0 aromatic carbocycles. The summed E-state index contributed by atoms with van der Waals surface area (Å²) in [5.41, 5.74) is 5.31. The maximum absolute atomic E-state index is 10.6. The van der Waals surface area contributed by atoms with Crippen molar-refractivity contribution in [1.29, 1.82) is 0 Å². The van der Waals surface area contributed by atoms with E-state index in [2.05, 4.69) is 13.8 Å². The molecule has 0 aliphatic heterocycles. The van der Waals surface area contributed by atoms with Crippen LogP contribution < -0.4 is 5.73 Å². The van der Waals surface area contributed by atoms with E-state index in [1.807, 2.05) is 0 Å². The molecule has 0 aromatic heterocycles. The Hall–Kier alpha value is -0.0800. The molecule has 1 aliphatic rings. The Balaban J connectivity index is 2.67. The summed E-state index contributed by atoms with van der Waals surface area (Å²) in [6.07, 6.45) is 6.79. The van der Waals surface area contributed by atoms with Crippen LogP contribution in [0.5, 0.6) is 0 Å². The number of hydrogen-bond acceptors (Lipinski definition) is 2. The van der Waals surface area contributed by atoms with Crippen LogP contribution in [0.3, 0.4) is 0 Å². The number of rotatable bonds is 3. The van der Waals surface area contributed by atoms with Gasteiger partial charge in [0.05, 0.1) is 5.60 Å². The molecule has 14 heavy (non-hydrogen) atoms. The SMILES string of the molecule is CC(C)C(CN)C1(O)CCCCCC1. The van der Waals surface area contributed by atoms with Crippen molar-refractivity contribution in [3.8, 4) is 0 Å². The lowest BCUT2D eigenvalue weighted by atomic mass is 9.75. The molecule has 3 N–H and O–H groups in total. The molecule has 84 valence electrons. The van der Waals surface area contributed by atoms with Gasteiger partial charge in [-0.1, -0.05) is 39.5 Å². The molecular weight excluding hydrogens is 174 g/mol. The molecule has 1 fully saturated rings. The van der Waals surface area contributed by atoms with E-state index >= 15 is 0 Å². The number of hydrogen-bond donors (Lipinski definition) is 2. The lowest BCUT2D eigenvalue weighted by molar-refractivity contribution is -0.0456. The summed E-state index contributed by atoms with van der Waals surface area (Å²) in [5, 5.41) is 10.6. The first-order chi connectivity index (χ1) is 6.60. The molecule has 0 spiro atoms. The van der Waals surface area contributed by atoms with Crippen LogP contribution in [-0.4, -0.2) is 17.3 Å². The Morgan fingerprint density at radius 2 is 1.64 bits per heavy atom. The summed E-state index contributed by atoms with van der Waals surface area (Å²) in [5.74, 6) is 0.767. The Labute approximate surface area is 87.9 Å². The highest BCUT2D eigenvalue weighted by atomic mass is 16.3. The van der Waals surface area contributed by atoms with Gasteiger partial charge in [0.2, 0.25) is 0 Å². The standard InChI is InChI=1S/C12H25NO/c1-10(2)11(9-13)12(14)7-5-3-4-6-8-12/h10-11,14H,3-9,13H2,1-2H3. The molecule has 0 saturated heterocycles. The minimum atomic E-state index is -0.473. The molecule has 1 rings (SSSR count). The molecule has 2 heteroatoms. The third kappa shape index (κ3) is 2.71. The summed E-state index contributed by atoms with van der Waals surface area (Å²) in [6.45, 7) is 4.95. The lowest BCUT2D eigenvalue weighted by Gasteiger charge is -2.37. The van der Waals surface area contributed by atoms with Crippen LogP contribution in [0.15, 0.2) is 0 Å². The zero-order chi connectivity index (χ0) is 10.6. The van der Waals surface area contributed by atoms with Crippen molar-refractivity contribution >= 4 is 0 Å². The van der Waals surface area contributed by atoms with Gasteiger partial charge in [-0.05, 0) is 25.3 Å². The minimum Gasteiger partial charge on any atom is -0.390 e. The zero-order valence-electron chi connectivity index (χ0n) is 9.63. The van der Waals surface area contributed by atoms with Crippen LogP contribution in [0.1, 0.15) is 52.4 Å². The molecule has 0 amide bonds. The third-order valence-corrected chi connectivity index (χ3v) is 3.72. The van der Waals surface area contributed by atoms with Gasteiger partial charge >= 0.3 is 0 Å². The minimum absolute atomic E-state index is 0.278. The van der Waals surface area contributed by atoms with Gasteiger partial charge in [0.25, 0.3) is 0 Å². The summed E-state index contributed by atoms with van der Waals surface area (Å²) in [7, 11) is 0. The van der Waals surface area contributed by atoms with E-state index < -0.39 is 5.60 Å². The molecule has 0 radical (unpaired) electrons. The van der Waals surface area contributed by atoms with Crippen LogP contribution in [0.2, 0.25) is 0 Å². The van der Waals surface area contributed by atoms with Crippen LogP contribution in [0.4, 0.5) is 0 Å². The maximum atomic E-state index is 10.6. The van der Waals surface area contributed by atoms with Gasteiger partial charge < -0.3 is 10.8 Å². The average molecular weight is 199 g/mol. The molecule has 0 heterocycles. The van der Waals surface area contributed by atoms with E-state index in [1.165, 1.54) is 25.7 Å². The summed E-state index contributed by atoms with van der Waals surface area (Å²) in [6, 6.07) is 0. The van der Waals surface area contributed by atoms with Crippen molar-refractivity contribution in [3.63, 3.8) is 0 Å². The second-order valence-electron chi connectivity index (χ2n) is 5.10. The smallest absolute Gasteiger partial charge is 0.0690 e. The second kappa shape index (κ2) is 5.13. The highest BCUT2D eigenvalue weighted by Crippen LogP contribution is 2.36. The van der Waals surface area contributed by atoms with Crippen LogP contribution >= 0.6 is 0 Å². The van der Waals surface area contributed by atoms with Gasteiger partial charge in [-0.25, -0.2) is 0 Å². The monoisotopic (exact) mass is 199 g/mol. The van der Waals surface area contributed by atoms with Gasteiger partial charge in [-0.2, -0.15) is 0 Å².